The predicted octanol–water partition coefficient (Wildman–Crippen LogP) is 2.49. The van der Waals surface area contributed by atoms with E-state index in [0.717, 1.165) is 42.9 Å². The van der Waals surface area contributed by atoms with Crippen LogP contribution in [0.5, 0.6) is 0 Å². The van der Waals surface area contributed by atoms with Crippen LogP contribution in [-0.2, 0) is 19.3 Å². The maximum absolute atomic E-state index is 12.7. The lowest BCUT2D eigenvalue weighted by Gasteiger charge is -2.15. The number of benzene rings is 1. The van der Waals surface area contributed by atoms with Crippen molar-refractivity contribution in [2.45, 2.75) is 32.1 Å². The number of rotatable bonds is 1. The first-order valence-electron chi connectivity index (χ1n) is 7.30. The molecule has 1 amide bonds. The third-order valence-corrected chi connectivity index (χ3v) is 4.29. The summed E-state index contributed by atoms with van der Waals surface area (Å²) in [6.07, 6.45) is 5.32. The van der Waals surface area contributed by atoms with Gasteiger partial charge >= 0.3 is 0 Å². The number of imidazole rings is 1. The smallest absolute Gasteiger partial charge is 0.294 e. The minimum atomic E-state index is 0.00403. The van der Waals surface area contributed by atoms with Gasteiger partial charge in [0.1, 0.15) is 0 Å². The van der Waals surface area contributed by atoms with E-state index in [4.69, 9.17) is 0 Å². The molecule has 0 saturated carbocycles. The molecule has 102 valence electrons. The van der Waals surface area contributed by atoms with Gasteiger partial charge in [-0.3, -0.25) is 4.79 Å². The van der Waals surface area contributed by atoms with Gasteiger partial charge in [0, 0.05) is 17.9 Å². The summed E-state index contributed by atoms with van der Waals surface area (Å²) in [6.45, 7) is 0.754. The maximum atomic E-state index is 12.7. The number of carbonyl (C=O) groups is 1. The highest BCUT2D eigenvalue weighted by Gasteiger charge is 2.28. The number of aromatic amines is 1. The summed E-state index contributed by atoms with van der Waals surface area (Å²) >= 11 is 0. The van der Waals surface area contributed by atoms with Gasteiger partial charge in [0.2, 0.25) is 0 Å². The monoisotopic (exact) mass is 267 g/mol. The van der Waals surface area contributed by atoms with Gasteiger partial charge in [0.25, 0.3) is 5.91 Å². The Hall–Kier alpha value is -2.10. The van der Waals surface area contributed by atoms with Gasteiger partial charge in [-0.05, 0) is 43.7 Å². The van der Waals surface area contributed by atoms with Crippen molar-refractivity contribution >= 4 is 11.6 Å². The second-order valence-corrected chi connectivity index (χ2v) is 5.55. The quantitative estimate of drug-likeness (QED) is 0.863. The van der Waals surface area contributed by atoms with Crippen molar-refractivity contribution < 1.29 is 4.79 Å². The number of hydrogen-bond acceptors (Lipinski definition) is 2. The third-order valence-electron chi connectivity index (χ3n) is 4.29. The number of nitrogens with zero attached hydrogens (tertiary/aromatic N) is 2. The molecule has 4 nitrogen and oxygen atoms in total. The van der Waals surface area contributed by atoms with E-state index in [2.05, 4.69) is 16.0 Å². The van der Waals surface area contributed by atoms with E-state index < -0.39 is 0 Å². The minimum absolute atomic E-state index is 0.00403. The molecule has 2 aromatic rings. The molecule has 1 aromatic heterocycles. The lowest BCUT2D eigenvalue weighted by Crippen LogP contribution is -2.29. The SMILES string of the molecule is O=C(c1nc2c([nH]1)CCCC2)N1CCc2ccccc21. The van der Waals surface area contributed by atoms with Crippen LogP contribution in [0, 0.1) is 0 Å². The average Bonchev–Trinajstić information content (AvgIpc) is 3.10. The molecule has 4 heteroatoms. The number of carbonyl (C=O) groups excluding carboxylic acids is 1. The summed E-state index contributed by atoms with van der Waals surface area (Å²) in [7, 11) is 0. The molecule has 0 radical (unpaired) electrons. The number of para-hydroxylation sites is 1. The second kappa shape index (κ2) is 4.47. The summed E-state index contributed by atoms with van der Waals surface area (Å²) in [5.74, 6) is 0.512. The number of aryl methyl sites for hydroxylation is 2. The Kier molecular flexibility index (Phi) is 2.62. The molecule has 0 spiro atoms. The fourth-order valence-electron chi connectivity index (χ4n) is 3.23. The highest BCUT2D eigenvalue weighted by Crippen LogP contribution is 2.29. The molecule has 20 heavy (non-hydrogen) atoms. The largest absolute Gasteiger partial charge is 0.337 e. The summed E-state index contributed by atoms with van der Waals surface area (Å²) in [5, 5.41) is 0. The van der Waals surface area contributed by atoms with Crippen molar-refractivity contribution in [3.8, 4) is 0 Å². The molecule has 2 aliphatic rings. The number of hydrogen-bond donors (Lipinski definition) is 1. The average molecular weight is 267 g/mol. The highest BCUT2D eigenvalue weighted by molar-refractivity contribution is 6.05. The van der Waals surface area contributed by atoms with Gasteiger partial charge in [-0.25, -0.2) is 4.98 Å². The van der Waals surface area contributed by atoms with E-state index in [-0.39, 0.29) is 5.91 Å². The summed E-state index contributed by atoms with van der Waals surface area (Å²) in [4.78, 5) is 22.3. The molecular weight excluding hydrogens is 250 g/mol. The molecule has 2 heterocycles. The highest BCUT2D eigenvalue weighted by atomic mass is 16.2. The van der Waals surface area contributed by atoms with Crippen molar-refractivity contribution in [1.29, 1.82) is 0 Å². The van der Waals surface area contributed by atoms with Gasteiger partial charge in [-0.2, -0.15) is 0 Å². The van der Waals surface area contributed by atoms with Crippen molar-refractivity contribution in [3.05, 3.63) is 47.0 Å². The minimum Gasteiger partial charge on any atom is -0.337 e. The third kappa shape index (κ3) is 1.75. The molecule has 1 N–H and O–H groups in total. The zero-order valence-electron chi connectivity index (χ0n) is 11.4. The van der Waals surface area contributed by atoms with Gasteiger partial charge in [-0.15, -0.1) is 0 Å². The molecule has 4 rings (SSSR count). The van der Waals surface area contributed by atoms with Crippen molar-refractivity contribution in [2.24, 2.45) is 0 Å². The summed E-state index contributed by atoms with van der Waals surface area (Å²) in [6, 6.07) is 8.12. The van der Waals surface area contributed by atoms with Crippen LogP contribution in [0.1, 0.15) is 40.4 Å². The van der Waals surface area contributed by atoms with E-state index in [1.807, 2.05) is 23.1 Å². The Morgan fingerprint density at radius 3 is 2.90 bits per heavy atom. The number of fused-ring (bicyclic) bond motifs is 2. The van der Waals surface area contributed by atoms with Gasteiger partial charge in [-0.1, -0.05) is 18.2 Å². The molecule has 0 fully saturated rings. The van der Waals surface area contributed by atoms with Crippen LogP contribution in [0.4, 0.5) is 5.69 Å². The van der Waals surface area contributed by atoms with E-state index in [0.29, 0.717) is 5.82 Å². The lowest BCUT2D eigenvalue weighted by atomic mass is 10.0. The summed E-state index contributed by atoms with van der Waals surface area (Å²) < 4.78 is 0. The Morgan fingerprint density at radius 2 is 2.00 bits per heavy atom. The molecule has 0 atom stereocenters. The second-order valence-electron chi connectivity index (χ2n) is 5.55. The van der Waals surface area contributed by atoms with Crippen LogP contribution < -0.4 is 4.90 Å². The van der Waals surface area contributed by atoms with E-state index in [1.165, 1.54) is 18.4 Å². The molecule has 1 aliphatic carbocycles. The van der Waals surface area contributed by atoms with Crippen LogP contribution in [0.25, 0.3) is 0 Å². The first-order chi connectivity index (χ1) is 9.83. The van der Waals surface area contributed by atoms with Crippen LogP contribution in [-0.4, -0.2) is 22.4 Å². The Balaban J connectivity index is 1.67. The molecule has 0 saturated heterocycles. The fraction of sp³-hybridized carbons (Fsp3) is 0.375. The number of anilines is 1. The van der Waals surface area contributed by atoms with Crippen molar-refractivity contribution in [1.82, 2.24) is 9.97 Å². The molecular formula is C16H17N3O. The number of nitrogens with one attached hydrogen (secondary N) is 1. The molecule has 0 unspecified atom stereocenters. The van der Waals surface area contributed by atoms with Crippen LogP contribution in [0.2, 0.25) is 0 Å². The van der Waals surface area contributed by atoms with E-state index in [9.17, 15) is 4.79 Å². The zero-order valence-corrected chi connectivity index (χ0v) is 11.4. The number of amides is 1. The van der Waals surface area contributed by atoms with Crippen LogP contribution in [0.3, 0.4) is 0 Å². The van der Waals surface area contributed by atoms with Gasteiger partial charge < -0.3 is 9.88 Å². The van der Waals surface area contributed by atoms with E-state index >= 15 is 0 Å². The first kappa shape index (κ1) is 11.7. The Morgan fingerprint density at radius 1 is 1.15 bits per heavy atom. The lowest BCUT2D eigenvalue weighted by molar-refractivity contribution is 0.0980. The summed E-state index contributed by atoms with van der Waals surface area (Å²) in [5.41, 5.74) is 4.53. The zero-order chi connectivity index (χ0) is 13.5. The van der Waals surface area contributed by atoms with Crippen LogP contribution >= 0.6 is 0 Å². The Bertz CT molecular complexity index is 651. The normalized spacial score (nSPS) is 16.9. The first-order valence-corrected chi connectivity index (χ1v) is 7.30. The Labute approximate surface area is 117 Å². The van der Waals surface area contributed by atoms with Crippen molar-refractivity contribution in [2.75, 3.05) is 11.4 Å². The predicted molar refractivity (Wildman–Crippen MR) is 77.1 cm³/mol. The number of aromatic nitrogens is 2. The standard InChI is InChI=1S/C16H17N3O/c20-16(15-17-12-6-2-3-7-13(12)18-15)19-10-9-11-5-1-4-8-14(11)19/h1,4-5,8H,2-3,6-7,9-10H2,(H,17,18). The van der Waals surface area contributed by atoms with Crippen LogP contribution in [0.15, 0.2) is 24.3 Å². The van der Waals surface area contributed by atoms with Gasteiger partial charge in [0.15, 0.2) is 5.82 Å². The number of H-pyrrole nitrogens is 1. The maximum Gasteiger partial charge on any atom is 0.294 e. The molecule has 0 bridgehead atoms. The van der Waals surface area contributed by atoms with Gasteiger partial charge in [0.05, 0.1) is 5.69 Å². The molecule has 1 aromatic carbocycles. The fourth-order valence-corrected chi connectivity index (χ4v) is 3.23. The van der Waals surface area contributed by atoms with E-state index in [1.54, 1.807) is 0 Å². The molecule has 1 aliphatic heterocycles. The topological polar surface area (TPSA) is 49.0 Å². The van der Waals surface area contributed by atoms with Crippen molar-refractivity contribution in [3.63, 3.8) is 0 Å².